The Morgan fingerprint density at radius 2 is 1.23 bits per heavy atom. The largest absolute Gasteiger partial charge is 0.467 e. The van der Waals surface area contributed by atoms with Gasteiger partial charge in [-0.15, -0.1) is 0 Å². The maximum Gasteiger partial charge on any atom is 0.328 e. The van der Waals surface area contributed by atoms with Crippen molar-refractivity contribution in [2.45, 2.75) is 50.7 Å². The number of benzene rings is 3. The van der Waals surface area contributed by atoms with Crippen LogP contribution in [0.25, 0.3) is 0 Å². The van der Waals surface area contributed by atoms with Crippen LogP contribution in [0.5, 0.6) is 0 Å². The monoisotopic (exact) mass is 581 g/mol. The van der Waals surface area contributed by atoms with Crippen LogP contribution < -0.4 is 0 Å². The zero-order chi connectivity index (χ0) is 30.6. The number of piperidine rings is 1. The Labute approximate surface area is 255 Å². The number of rotatable bonds is 9. The lowest BCUT2D eigenvalue weighted by Gasteiger charge is -2.55. The second kappa shape index (κ2) is 13.1. The lowest BCUT2D eigenvalue weighted by Crippen LogP contribution is -2.65. The minimum absolute atomic E-state index is 0.0577. The van der Waals surface area contributed by atoms with Crippen molar-refractivity contribution in [1.82, 2.24) is 14.7 Å². The number of amides is 2. The van der Waals surface area contributed by atoms with E-state index in [4.69, 9.17) is 4.74 Å². The van der Waals surface area contributed by atoms with Gasteiger partial charge < -0.3 is 14.5 Å². The molecule has 3 aromatic carbocycles. The van der Waals surface area contributed by atoms with E-state index in [2.05, 4.69) is 77.7 Å². The van der Waals surface area contributed by atoms with Crippen LogP contribution >= 0.6 is 0 Å². The fraction of sp³-hybridized carbons (Fsp3) is 0.417. The van der Waals surface area contributed by atoms with Gasteiger partial charge in [-0.05, 0) is 41.9 Å². The molecule has 1 unspecified atom stereocenters. The first-order valence-corrected chi connectivity index (χ1v) is 15.4. The summed E-state index contributed by atoms with van der Waals surface area (Å²) < 4.78 is 4.97. The van der Waals surface area contributed by atoms with E-state index in [-0.39, 0.29) is 29.7 Å². The van der Waals surface area contributed by atoms with Crippen LogP contribution in [0.15, 0.2) is 91.0 Å². The predicted octanol–water partition coefficient (Wildman–Crippen LogP) is 4.95. The van der Waals surface area contributed by atoms with Crippen LogP contribution in [0.1, 0.15) is 49.8 Å². The van der Waals surface area contributed by atoms with Gasteiger partial charge in [-0.25, -0.2) is 4.79 Å². The van der Waals surface area contributed by atoms with Crippen molar-refractivity contribution in [2.24, 2.45) is 11.8 Å². The van der Waals surface area contributed by atoms with Crippen LogP contribution in [0.4, 0.5) is 0 Å². The van der Waals surface area contributed by atoms with Crippen molar-refractivity contribution in [3.63, 3.8) is 0 Å². The summed E-state index contributed by atoms with van der Waals surface area (Å²) in [6.07, 6.45) is 1.94. The summed E-state index contributed by atoms with van der Waals surface area (Å²) >= 11 is 0. The molecule has 2 atom stereocenters. The van der Waals surface area contributed by atoms with E-state index in [1.165, 1.54) is 7.11 Å². The number of methoxy groups -OCH3 is 1. The molecule has 2 amide bonds. The molecule has 3 aromatic rings. The van der Waals surface area contributed by atoms with Crippen LogP contribution in [0.3, 0.4) is 0 Å². The van der Waals surface area contributed by atoms with Crippen LogP contribution in [-0.2, 0) is 24.7 Å². The fourth-order valence-corrected chi connectivity index (χ4v) is 7.06. The Kier molecular flexibility index (Phi) is 9.31. The van der Waals surface area contributed by atoms with Crippen LogP contribution in [0, 0.1) is 11.8 Å². The summed E-state index contributed by atoms with van der Waals surface area (Å²) in [6.45, 7) is 5.66. The molecule has 0 aliphatic carbocycles. The van der Waals surface area contributed by atoms with Gasteiger partial charge in [0.25, 0.3) is 0 Å². The topological polar surface area (TPSA) is 70.2 Å². The van der Waals surface area contributed by atoms with Gasteiger partial charge in [-0.2, -0.15) is 0 Å². The van der Waals surface area contributed by atoms with E-state index in [9.17, 15) is 14.4 Å². The van der Waals surface area contributed by atoms with Gasteiger partial charge in [-0.3, -0.25) is 14.5 Å². The van der Waals surface area contributed by atoms with Crippen molar-refractivity contribution in [3.05, 3.63) is 108 Å². The summed E-state index contributed by atoms with van der Waals surface area (Å²) in [6, 6.07) is 30.5. The highest BCUT2D eigenvalue weighted by atomic mass is 16.5. The van der Waals surface area contributed by atoms with Gasteiger partial charge in [-0.1, -0.05) is 105 Å². The summed E-state index contributed by atoms with van der Waals surface area (Å²) in [5.41, 5.74) is 2.76. The Balaban J connectivity index is 1.38. The first-order chi connectivity index (χ1) is 20.8. The smallest absolute Gasteiger partial charge is 0.328 e. The fourth-order valence-electron chi connectivity index (χ4n) is 7.06. The van der Waals surface area contributed by atoms with Crippen molar-refractivity contribution >= 4 is 17.8 Å². The zero-order valence-corrected chi connectivity index (χ0v) is 25.7. The van der Waals surface area contributed by atoms with E-state index >= 15 is 0 Å². The third-order valence-electron chi connectivity index (χ3n) is 9.31. The van der Waals surface area contributed by atoms with Gasteiger partial charge in [0.2, 0.25) is 11.8 Å². The number of nitrogens with zero attached hydrogens (tertiary/aromatic N) is 3. The Bertz CT molecular complexity index is 1290. The van der Waals surface area contributed by atoms with E-state index in [1.54, 1.807) is 11.9 Å². The molecule has 2 heterocycles. The molecular formula is C36H43N3O4. The van der Waals surface area contributed by atoms with E-state index < -0.39 is 17.6 Å². The maximum absolute atomic E-state index is 14.2. The zero-order valence-electron chi connectivity index (χ0n) is 25.7. The van der Waals surface area contributed by atoms with Crippen molar-refractivity contribution in [3.8, 4) is 0 Å². The number of likely N-dealkylation sites (N-methyl/N-ethyl adjacent to an activating group) is 1. The highest BCUT2D eigenvalue weighted by Crippen LogP contribution is 2.47. The van der Waals surface area contributed by atoms with Gasteiger partial charge >= 0.3 is 5.97 Å². The predicted molar refractivity (Wildman–Crippen MR) is 167 cm³/mol. The molecule has 0 saturated carbocycles. The molecule has 2 aliphatic heterocycles. The number of carbonyl (C=O) groups excluding carboxylic acids is 3. The van der Waals surface area contributed by atoms with Gasteiger partial charge in [0.1, 0.15) is 6.04 Å². The summed E-state index contributed by atoms with van der Waals surface area (Å²) in [5, 5.41) is 0. The minimum Gasteiger partial charge on any atom is -0.467 e. The molecule has 0 bridgehead atoms. The lowest BCUT2D eigenvalue weighted by atomic mass is 9.72. The number of hydrogen-bond donors (Lipinski definition) is 0. The molecule has 0 spiro atoms. The summed E-state index contributed by atoms with van der Waals surface area (Å²) in [5.74, 6) is -0.631. The molecule has 43 heavy (non-hydrogen) atoms. The summed E-state index contributed by atoms with van der Waals surface area (Å²) in [4.78, 5) is 45.8. The molecule has 7 heteroatoms. The van der Waals surface area contributed by atoms with Crippen LogP contribution in [0.2, 0.25) is 0 Å². The minimum atomic E-state index is -0.626. The second-order valence-electron chi connectivity index (χ2n) is 12.1. The molecule has 5 rings (SSSR count). The molecule has 2 fully saturated rings. The highest BCUT2D eigenvalue weighted by Gasteiger charge is 2.52. The van der Waals surface area contributed by atoms with Gasteiger partial charge in [0, 0.05) is 32.6 Å². The third-order valence-corrected chi connectivity index (χ3v) is 9.31. The van der Waals surface area contributed by atoms with Crippen molar-refractivity contribution in [1.29, 1.82) is 0 Å². The van der Waals surface area contributed by atoms with Crippen molar-refractivity contribution < 1.29 is 19.1 Å². The van der Waals surface area contributed by atoms with E-state index in [1.807, 2.05) is 36.9 Å². The first-order valence-electron chi connectivity index (χ1n) is 15.4. The SMILES string of the molecule is COC(=O)C(C(C)C)N(C)C(=O)C1CCN(C(=O)[C@H]2CCN2C(c2ccccc2)(c2ccccc2)c2ccccc2)CC1. The highest BCUT2D eigenvalue weighted by molar-refractivity contribution is 5.87. The number of carbonyl (C=O) groups is 3. The van der Waals surface area contributed by atoms with Crippen LogP contribution in [-0.4, -0.2) is 78.4 Å². The quantitative estimate of drug-likeness (QED) is 0.264. The average molecular weight is 582 g/mol. The molecule has 2 aliphatic rings. The van der Waals surface area contributed by atoms with E-state index in [0.717, 1.165) is 29.7 Å². The normalized spacial score (nSPS) is 18.5. The number of likely N-dealkylation sites (tertiary alicyclic amines) is 2. The second-order valence-corrected chi connectivity index (χ2v) is 12.1. The maximum atomic E-state index is 14.2. The van der Waals surface area contributed by atoms with E-state index in [0.29, 0.717) is 25.9 Å². The molecule has 0 N–H and O–H groups in total. The number of ether oxygens (including phenoxy) is 1. The molecule has 226 valence electrons. The molecular weight excluding hydrogens is 538 g/mol. The molecule has 2 saturated heterocycles. The summed E-state index contributed by atoms with van der Waals surface area (Å²) in [7, 11) is 3.04. The Morgan fingerprint density at radius 1 is 0.767 bits per heavy atom. The average Bonchev–Trinajstić information content (AvgIpc) is 3.03. The van der Waals surface area contributed by atoms with Gasteiger partial charge in [0.15, 0.2) is 0 Å². The lowest BCUT2D eigenvalue weighted by molar-refractivity contribution is -0.156. The Hall–Kier alpha value is -3.97. The van der Waals surface area contributed by atoms with Crippen molar-refractivity contribution in [2.75, 3.05) is 33.8 Å². The van der Waals surface area contributed by atoms with Gasteiger partial charge in [0.05, 0.1) is 18.7 Å². The Morgan fingerprint density at radius 3 is 1.60 bits per heavy atom. The molecule has 0 aromatic heterocycles. The third kappa shape index (κ3) is 5.70. The molecule has 7 nitrogen and oxygen atoms in total. The molecule has 0 radical (unpaired) electrons. The standard InChI is InChI=1S/C36H43N3O4/c1-26(2)32(35(42)43-4)37(3)33(40)27-20-23-38(24-21-27)34(41)31-22-25-39(31)36(28-14-8-5-9-15-28,29-16-10-6-11-17-29)30-18-12-7-13-19-30/h5-19,26-27,31-32H,20-25H2,1-4H3/t31-,32?/m1/s1. The number of esters is 1. The first kappa shape index (κ1) is 30.5. The number of hydrogen-bond acceptors (Lipinski definition) is 5.